The molecule has 156 valence electrons. The highest BCUT2D eigenvalue weighted by Crippen LogP contribution is 2.29. The van der Waals surface area contributed by atoms with Crippen LogP contribution in [0.3, 0.4) is 0 Å². The molecule has 1 aromatic carbocycles. The summed E-state index contributed by atoms with van der Waals surface area (Å²) in [5.74, 6) is -1.97. The minimum absolute atomic E-state index is 0.00927. The second-order valence-corrected chi connectivity index (χ2v) is 7.34. The average Bonchev–Trinajstić information content (AvgIpc) is 3.36. The van der Waals surface area contributed by atoms with Gasteiger partial charge < -0.3 is 19.7 Å². The second kappa shape index (κ2) is 9.54. The quantitative estimate of drug-likeness (QED) is 0.701. The van der Waals surface area contributed by atoms with Crippen LogP contribution in [0.2, 0.25) is 0 Å². The van der Waals surface area contributed by atoms with Gasteiger partial charge in [0.15, 0.2) is 6.61 Å². The number of ether oxygens (including phenoxy) is 2. The van der Waals surface area contributed by atoms with Gasteiger partial charge in [0.1, 0.15) is 0 Å². The van der Waals surface area contributed by atoms with Crippen molar-refractivity contribution in [1.82, 2.24) is 4.90 Å². The Balaban J connectivity index is 1.44. The Kier molecular flexibility index (Phi) is 6.85. The van der Waals surface area contributed by atoms with E-state index in [1.54, 1.807) is 36.1 Å². The maximum absolute atomic E-state index is 12.3. The highest BCUT2D eigenvalue weighted by molar-refractivity contribution is 5.95. The highest BCUT2D eigenvalue weighted by atomic mass is 16.5. The van der Waals surface area contributed by atoms with Crippen LogP contribution >= 0.6 is 0 Å². The Morgan fingerprint density at radius 2 is 1.79 bits per heavy atom. The molecule has 0 unspecified atom stereocenters. The summed E-state index contributed by atoms with van der Waals surface area (Å²) in [4.78, 5) is 49.9. The van der Waals surface area contributed by atoms with Crippen molar-refractivity contribution < 1.29 is 28.7 Å². The van der Waals surface area contributed by atoms with E-state index in [0.717, 1.165) is 25.7 Å². The number of likely N-dealkylation sites (tertiary alicyclic amines) is 1. The molecule has 1 aromatic rings. The molecule has 2 aliphatic rings. The van der Waals surface area contributed by atoms with Crippen LogP contribution in [-0.2, 0) is 23.9 Å². The first kappa shape index (κ1) is 20.8. The minimum atomic E-state index is -0.522. The molecule has 8 heteroatoms. The Morgan fingerprint density at radius 3 is 2.45 bits per heavy atom. The average molecular weight is 402 g/mol. The zero-order chi connectivity index (χ0) is 20.8. The number of amides is 2. The van der Waals surface area contributed by atoms with E-state index in [0.29, 0.717) is 17.8 Å². The van der Waals surface area contributed by atoms with Crippen molar-refractivity contribution in [3.63, 3.8) is 0 Å². The van der Waals surface area contributed by atoms with Gasteiger partial charge in [-0.1, -0.05) is 12.8 Å². The summed E-state index contributed by atoms with van der Waals surface area (Å²) >= 11 is 0. The monoisotopic (exact) mass is 402 g/mol. The van der Waals surface area contributed by atoms with Crippen molar-refractivity contribution in [2.24, 2.45) is 5.92 Å². The number of anilines is 1. The molecule has 1 aliphatic carbocycles. The standard InChI is InChI=1S/C21H26N2O6/c1-2-28-20(26)14-7-9-16(10-8-14)22-18(24)13-29-21(27)15-11-19(25)23(12-15)17-5-3-4-6-17/h7-10,15,17H,2-6,11-13H2,1H3,(H,22,24)/t15-/m1/s1. The summed E-state index contributed by atoms with van der Waals surface area (Å²) in [5.41, 5.74) is 0.858. The normalized spacial score (nSPS) is 19.3. The topological polar surface area (TPSA) is 102 Å². The molecule has 3 rings (SSSR count). The SMILES string of the molecule is CCOC(=O)c1ccc(NC(=O)COC(=O)[C@@H]2CC(=O)N(C3CCCC3)C2)cc1. The fraction of sp³-hybridized carbons (Fsp3) is 0.524. The summed E-state index contributed by atoms with van der Waals surface area (Å²) < 4.78 is 10.0. The minimum Gasteiger partial charge on any atom is -0.462 e. The van der Waals surface area contributed by atoms with E-state index < -0.39 is 30.4 Å². The van der Waals surface area contributed by atoms with E-state index >= 15 is 0 Å². The lowest BCUT2D eigenvalue weighted by atomic mass is 10.1. The maximum Gasteiger partial charge on any atom is 0.338 e. The molecule has 1 N–H and O–H groups in total. The Morgan fingerprint density at radius 1 is 1.10 bits per heavy atom. The number of rotatable bonds is 7. The number of hydrogen-bond acceptors (Lipinski definition) is 6. The third-order valence-electron chi connectivity index (χ3n) is 5.28. The van der Waals surface area contributed by atoms with Crippen molar-refractivity contribution in [2.45, 2.75) is 45.1 Å². The lowest BCUT2D eigenvalue weighted by Gasteiger charge is -2.23. The fourth-order valence-electron chi connectivity index (χ4n) is 3.81. The number of nitrogens with zero attached hydrogens (tertiary/aromatic N) is 1. The predicted octanol–water partition coefficient (Wildman–Crippen LogP) is 2.14. The van der Waals surface area contributed by atoms with Gasteiger partial charge in [-0.15, -0.1) is 0 Å². The van der Waals surface area contributed by atoms with Crippen LogP contribution in [-0.4, -0.2) is 54.5 Å². The van der Waals surface area contributed by atoms with Gasteiger partial charge in [0.2, 0.25) is 5.91 Å². The molecule has 1 heterocycles. The van der Waals surface area contributed by atoms with Crippen LogP contribution in [0.4, 0.5) is 5.69 Å². The molecular weight excluding hydrogens is 376 g/mol. The third-order valence-corrected chi connectivity index (χ3v) is 5.28. The molecular formula is C21H26N2O6. The molecule has 1 atom stereocenters. The third kappa shape index (κ3) is 5.34. The van der Waals surface area contributed by atoms with Gasteiger partial charge >= 0.3 is 11.9 Å². The zero-order valence-electron chi connectivity index (χ0n) is 16.5. The van der Waals surface area contributed by atoms with E-state index in [1.807, 2.05) is 0 Å². The Labute approximate surface area is 169 Å². The second-order valence-electron chi connectivity index (χ2n) is 7.34. The Hall–Kier alpha value is -2.90. The van der Waals surface area contributed by atoms with Gasteiger partial charge in [-0.3, -0.25) is 14.4 Å². The van der Waals surface area contributed by atoms with Crippen LogP contribution in [0.15, 0.2) is 24.3 Å². The summed E-state index contributed by atoms with van der Waals surface area (Å²) in [5, 5.41) is 2.60. The molecule has 0 aromatic heterocycles. The fourth-order valence-corrected chi connectivity index (χ4v) is 3.81. The van der Waals surface area contributed by atoms with Gasteiger partial charge in [-0.05, 0) is 44.0 Å². The molecule has 0 bridgehead atoms. The molecule has 29 heavy (non-hydrogen) atoms. The zero-order valence-corrected chi connectivity index (χ0v) is 16.5. The molecule has 1 aliphatic heterocycles. The smallest absolute Gasteiger partial charge is 0.338 e. The van der Waals surface area contributed by atoms with Crippen LogP contribution in [0.1, 0.15) is 49.4 Å². The lowest BCUT2D eigenvalue weighted by molar-refractivity contribution is -0.151. The summed E-state index contributed by atoms with van der Waals surface area (Å²) in [7, 11) is 0. The first-order chi connectivity index (χ1) is 14.0. The van der Waals surface area contributed by atoms with Crippen molar-refractivity contribution in [3.8, 4) is 0 Å². The number of benzene rings is 1. The summed E-state index contributed by atoms with van der Waals surface area (Å²) in [6, 6.07) is 6.46. The van der Waals surface area contributed by atoms with Gasteiger partial charge in [-0.25, -0.2) is 4.79 Å². The summed E-state index contributed by atoms with van der Waals surface area (Å²) in [6.45, 7) is 1.96. The van der Waals surface area contributed by atoms with Crippen molar-refractivity contribution in [2.75, 3.05) is 25.1 Å². The van der Waals surface area contributed by atoms with E-state index in [4.69, 9.17) is 9.47 Å². The van der Waals surface area contributed by atoms with Crippen molar-refractivity contribution >= 4 is 29.4 Å². The number of hydrogen-bond donors (Lipinski definition) is 1. The molecule has 8 nitrogen and oxygen atoms in total. The molecule has 0 radical (unpaired) electrons. The van der Waals surface area contributed by atoms with E-state index in [1.165, 1.54) is 0 Å². The van der Waals surface area contributed by atoms with E-state index in [2.05, 4.69) is 5.32 Å². The maximum atomic E-state index is 12.3. The largest absolute Gasteiger partial charge is 0.462 e. The Bertz CT molecular complexity index is 770. The first-order valence-corrected chi connectivity index (χ1v) is 10.0. The van der Waals surface area contributed by atoms with Crippen LogP contribution in [0.5, 0.6) is 0 Å². The van der Waals surface area contributed by atoms with Crippen LogP contribution in [0.25, 0.3) is 0 Å². The number of nitrogens with one attached hydrogen (secondary N) is 1. The molecule has 1 saturated carbocycles. The van der Waals surface area contributed by atoms with Gasteiger partial charge in [-0.2, -0.15) is 0 Å². The van der Waals surface area contributed by atoms with E-state index in [-0.39, 0.29) is 25.0 Å². The van der Waals surface area contributed by atoms with Crippen LogP contribution in [0, 0.1) is 5.92 Å². The van der Waals surface area contributed by atoms with Gasteiger partial charge in [0.05, 0.1) is 18.1 Å². The van der Waals surface area contributed by atoms with E-state index in [9.17, 15) is 19.2 Å². The van der Waals surface area contributed by atoms with Crippen LogP contribution < -0.4 is 5.32 Å². The molecule has 2 fully saturated rings. The van der Waals surface area contributed by atoms with Gasteiger partial charge in [0, 0.05) is 24.7 Å². The number of esters is 2. The highest BCUT2D eigenvalue weighted by Gasteiger charge is 2.39. The van der Waals surface area contributed by atoms with Gasteiger partial charge in [0.25, 0.3) is 5.91 Å². The first-order valence-electron chi connectivity index (χ1n) is 10.0. The summed E-state index contributed by atoms with van der Waals surface area (Å²) in [6.07, 6.45) is 4.36. The lowest BCUT2D eigenvalue weighted by Crippen LogP contribution is -2.35. The molecule has 0 spiro atoms. The molecule has 2 amide bonds. The van der Waals surface area contributed by atoms with Crippen molar-refractivity contribution in [1.29, 1.82) is 0 Å². The number of carbonyl (C=O) groups is 4. The number of carbonyl (C=O) groups excluding carboxylic acids is 4. The predicted molar refractivity (Wildman–Crippen MR) is 104 cm³/mol. The van der Waals surface area contributed by atoms with Crippen molar-refractivity contribution in [3.05, 3.63) is 29.8 Å². The molecule has 1 saturated heterocycles.